The van der Waals surface area contributed by atoms with Gasteiger partial charge in [0.05, 0.1) is 18.3 Å². The number of aldehydes is 1. The first-order chi connectivity index (χ1) is 21.0. The van der Waals surface area contributed by atoms with E-state index in [-0.39, 0.29) is 18.0 Å². The topological polar surface area (TPSA) is 121 Å². The highest BCUT2D eigenvalue weighted by atomic mass is 16.6. The van der Waals surface area contributed by atoms with Crippen LogP contribution in [0.25, 0.3) is 33.6 Å². The van der Waals surface area contributed by atoms with Crippen molar-refractivity contribution in [2.24, 2.45) is 13.0 Å². The molecule has 4 heterocycles. The van der Waals surface area contributed by atoms with Crippen molar-refractivity contribution in [3.63, 3.8) is 0 Å². The number of pyridine rings is 1. The Bertz CT molecular complexity index is 1760. The Kier molecular flexibility index (Phi) is 7.59. The van der Waals surface area contributed by atoms with Crippen LogP contribution in [0, 0.1) is 5.92 Å². The predicted octanol–water partition coefficient (Wildman–Crippen LogP) is 5.34. The highest BCUT2D eigenvalue weighted by Gasteiger charge is 2.33. The molecule has 0 bridgehead atoms. The third kappa shape index (κ3) is 5.75. The van der Waals surface area contributed by atoms with E-state index in [9.17, 15) is 14.4 Å². The molecule has 2 aliphatic rings. The molecule has 1 saturated carbocycles. The minimum atomic E-state index is -0.601. The summed E-state index contributed by atoms with van der Waals surface area (Å²) in [5, 5.41) is 3.87. The minimum absolute atomic E-state index is 0.00191. The largest absolute Gasteiger partial charge is 0.494 e. The molecule has 11 heteroatoms. The summed E-state index contributed by atoms with van der Waals surface area (Å²) in [5.41, 5.74) is 3.35. The summed E-state index contributed by atoms with van der Waals surface area (Å²) in [7, 11) is 3.53. The molecule has 1 saturated heterocycles. The summed E-state index contributed by atoms with van der Waals surface area (Å²) < 4.78 is 15.4. The number of hydrogen-bond acceptors (Lipinski definition) is 7. The number of rotatable bonds is 7. The van der Waals surface area contributed by atoms with E-state index in [1.165, 1.54) is 0 Å². The molecule has 1 N–H and O–H groups in total. The number of alkyl carbamates (subject to hydrolysis) is 1. The van der Waals surface area contributed by atoms with E-state index in [1.807, 2.05) is 51.4 Å². The number of amides is 2. The Labute approximate surface area is 256 Å². The quantitative estimate of drug-likeness (QED) is 0.284. The van der Waals surface area contributed by atoms with Gasteiger partial charge in [0.25, 0.3) is 5.91 Å². The standard InChI is InChI=1S/C33H40N6O5/c1-19-7-11-23(35-32(42)44-33(2,3)4)17-38(19)31(41)22-13-25-28(27(15-22)43-6)37(5)30(36-25)26-14-21-10-12-24(18-40)34-29(21)39(26)16-20-8-9-20/h10,12-15,18-20,23H,7-9,11,16-17H2,1-6H3,(H,35,42)/t19-,23?/m0/s1. The number of aryl methyl sites for hydroxylation is 1. The number of carbonyl (C=O) groups is 3. The fourth-order valence-corrected chi connectivity index (χ4v) is 6.10. The first kappa shape index (κ1) is 29.7. The van der Waals surface area contributed by atoms with Crippen LogP contribution < -0.4 is 10.1 Å². The normalized spacial score (nSPS) is 18.9. The summed E-state index contributed by atoms with van der Waals surface area (Å²) in [5.74, 6) is 1.70. The molecule has 0 spiro atoms. The van der Waals surface area contributed by atoms with Gasteiger partial charge in [-0.3, -0.25) is 9.59 Å². The lowest BCUT2D eigenvalue weighted by atomic mass is 9.98. The van der Waals surface area contributed by atoms with Crippen molar-refractivity contribution in [1.82, 2.24) is 29.3 Å². The van der Waals surface area contributed by atoms with E-state index in [2.05, 4.69) is 20.9 Å². The van der Waals surface area contributed by atoms with Gasteiger partial charge in [0, 0.05) is 43.2 Å². The summed E-state index contributed by atoms with van der Waals surface area (Å²) in [4.78, 5) is 49.3. The second-order valence-electron chi connectivity index (χ2n) is 13.1. The van der Waals surface area contributed by atoms with Crippen molar-refractivity contribution >= 4 is 40.4 Å². The van der Waals surface area contributed by atoms with Gasteiger partial charge < -0.3 is 28.8 Å². The van der Waals surface area contributed by atoms with Gasteiger partial charge in [-0.05, 0) is 89.6 Å². The third-order valence-corrected chi connectivity index (χ3v) is 8.52. The molecule has 2 amide bonds. The molecule has 232 valence electrons. The maximum Gasteiger partial charge on any atom is 0.407 e. The number of carbonyl (C=O) groups excluding carboxylic acids is 3. The van der Waals surface area contributed by atoms with Gasteiger partial charge in [-0.15, -0.1) is 0 Å². The fraction of sp³-hybridized carbons (Fsp3) is 0.485. The molecule has 1 aromatic carbocycles. The Morgan fingerprint density at radius 1 is 1.09 bits per heavy atom. The van der Waals surface area contributed by atoms with E-state index in [0.29, 0.717) is 35.0 Å². The molecular formula is C33H40N6O5. The first-order valence-corrected chi connectivity index (χ1v) is 15.3. The Balaban J connectivity index is 1.35. The number of methoxy groups -OCH3 is 1. The number of imidazole rings is 1. The van der Waals surface area contributed by atoms with Crippen LogP contribution >= 0.6 is 0 Å². The van der Waals surface area contributed by atoms with Crippen molar-refractivity contribution in [3.8, 4) is 17.3 Å². The average molecular weight is 601 g/mol. The van der Waals surface area contributed by atoms with Crippen LogP contribution in [0.2, 0.25) is 0 Å². The smallest absolute Gasteiger partial charge is 0.407 e. The van der Waals surface area contributed by atoms with E-state index >= 15 is 0 Å². The van der Waals surface area contributed by atoms with Crippen molar-refractivity contribution in [2.75, 3.05) is 13.7 Å². The second-order valence-corrected chi connectivity index (χ2v) is 13.1. The van der Waals surface area contributed by atoms with E-state index in [4.69, 9.17) is 14.5 Å². The van der Waals surface area contributed by atoms with Gasteiger partial charge in [-0.1, -0.05) is 0 Å². The average Bonchev–Trinajstić information content (AvgIpc) is 3.65. The van der Waals surface area contributed by atoms with Crippen molar-refractivity contribution in [1.29, 1.82) is 0 Å². The van der Waals surface area contributed by atoms with Crippen LogP contribution in [0.15, 0.2) is 30.3 Å². The molecule has 11 nitrogen and oxygen atoms in total. The molecule has 0 radical (unpaired) electrons. The van der Waals surface area contributed by atoms with Gasteiger partial charge in [0.2, 0.25) is 0 Å². The molecule has 3 aromatic heterocycles. The number of ether oxygens (including phenoxy) is 2. The summed E-state index contributed by atoms with van der Waals surface area (Å²) >= 11 is 0. The van der Waals surface area contributed by atoms with E-state index in [0.717, 1.165) is 66.6 Å². The van der Waals surface area contributed by atoms with Crippen molar-refractivity contribution in [2.45, 2.75) is 77.6 Å². The van der Waals surface area contributed by atoms with Crippen LogP contribution in [0.1, 0.15) is 74.2 Å². The highest BCUT2D eigenvalue weighted by molar-refractivity contribution is 6.00. The molecule has 6 rings (SSSR count). The van der Waals surface area contributed by atoms with Crippen molar-refractivity contribution in [3.05, 3.63) is 41.6 Å². The van der Waals surface area contributed by atoms with Crippen molar-refractivity contribution < 1.29 is 23.9 Å². The van der Waals surface area contributed by atoms with Crippen LogP contribution in [-0.2, 0) is 18.3 Å². The van der Waals surface area contributed by atoms with Crippen LogP contribution in [0.3, 0.4) is 0 Å². The van der Waals surface area contributed by atoms with Gasteiger partial charge in [-0.25, -0.2) is 14.8 Å². The van der Waals surface area contributed by atoms with Gasteiger partial charge in [-0.2, -0.15) is 0 Å². The van der Waals surface area contributed by atoms with E-state index < -0.39 is 11.7 Å². The number of benzene rings is 1. The number of likely N-dealkylation sites (tertiary alicyclic amines) is 1. The maximum atomic E-state index is 14.0. The number of aromatic nitrogens is 4. The zero-order valence-electron chi connectivity index (χ0n) is 26.2. The lowest BCUT2D eigenvalue weighted by molar-refractivity contribution is 0.0412. The molecule has 44 heavy (non-hydrogen) atoms. The van der Waals surface area contributed by atoms with Crippen LogP contribution in [-0.4, -0.2) is 73.6 Å². The summed E-state index contributed by atoms with van der Waals surface area (Å²) in [6, 6.07) is 9.09. The van der Waals surface area contributed by atoms with E-state index in [1.54, 1.807) is 24.1 Å². The third-order valence-electron chi connectivity index (χ3n) is 8.52. The van der Waals surface area contributed by atoms with Crippen LogP contribution in [0.5, 0.6) is 5.75 Å². The molecule has 1 aliphatic heterocycles. The number of nitrogens with zero attached hydrogens (tertiary/aromatic N) is 5. The Hall–Kier alpha value is -4.41. The molecule has 1 aliphatic carbocycles. The maximum absolute atomic E-state index is 14.0. The number of fused-ring (bicyclic) bond motifs is 2. The SMILES string of the molecule is COc1cc(C(=O)N2CC(NC(=O)OC(C)(C)C)CC[C@@H]2C)cc2nc(-c3cc4ccc(C=O)nc4n3CC3CC3)n(C)c12. The number of nitrogens with one attached hydrogen (secondary N) is 1. The highest BCUT2D eigenvalue weighted by Crippen LogP contribution is 2.38. The second kappa shape index (κ2) is 11.3. The Morgan fingerprint density at radius 3 is 2.55 bits per heavy atom. The Morgan fingerprint density at radius 2 is 1.86 bits per heavy atom. The summed E-state index contributed by atoms with van der Waals surface area (Å²) in [6.07, 6.45) is 4.13. The number of hydrogen-bond donors (Lipinski definition) is 1. The first-order valence-electron chi connectivity index (χ1n) is 15.3. The molecular weight excluding hydrogens is 560 g/mol. The van der Waals surface area contributed by atoms with Gasteiger partial charge in [0.1, 0.15) is 28.2 Å². The summed E-state index contributed by atoms with van der Waals surface area (Å²) in [6.45, 7) is 8.67. The molecule has 4 aromatic rings. The monoisotopic (exact) mass is 600 g/mol. The van der Waals surface area contributed by atoms with Gasteiger partial charge in [0.15, 0.2) is 12.1 Å². The molecule has 2 atom stereocenters. The lowest BCUT2D eigenvalue weighted by Gasteiger charge is -2.38. The predicted molar refractivity (Wildman–Crippen MR) is 167 cm³/mol. The molecule has 1 unspecified atom stereocenters. The number of piperidine rings is 1. The van der Waals surface area contributed by atoms with Crippen LogP contribution in [0.4, 0.5) is 4.79 Å². The lowest BCUT2D eigenvalue weighted by Crippen LogP contribution is -2.53. The zero-order valence-corrected chi connectivity index (χ0v) is 26.2. The molecule has 2 fully saturated rings. The minimum Gasteiger partial charge on any atom is -0.494 e. The fourth-order valence-electron chi connectivity index (χ4n) is 6.10. The van der Waals surface area contributed by atoms with Gasteiger partial charge >= 0.3 is 6.09 Å². The zero-order chi connectivity index (χ0) is 31.3.